The molecule has 0 saturated heterocycles. The Labute approximate surface area is 96.2 Å². The van der Waals surface area contributed by atoms with Crippen molar-refractivity contribution in [3.05, 3.63) is 35.9 Å². The zero-order chi connectivity index (χ0) is 12.3. The number of carboxylic acids is 1. The number of nitrogens with two attached hydrogens (primary N) is 1. The van der Waals surface area contributed by atoms with Crippen LogP contribution < -0.4 is 11.1 Å². The summed E-state index contributed by atoms with van der Waals surface area (Å²) < 4.78 is 4.66. The van der Waals surface area contributed by atoms with Crippen LogP contribution in [0.4, 0.5) is 11.5 Å². The molecule has 88 valence electrons. The summed E-state index contributed by atoms with van der Waals surface area (Å²) in [5.41, 5.74) is 6.32. The van der Waals surface area contributed by atoms with E-state index in [1.54, 1.807) is 6.07 Å². The lowest BCUT2D eigenvalue weighted by Gasteiger charge is -2.05. The number of nitrogens with zero attached hydrogens (tertiary/aromatic N) is 2. The third-order valence-electron chi connectivity index (χ3n) is 2.11. The summed E-state index contributed by atoms with van der Waals surface area (Å²) in [4.78, 5) is 14.8. The van der Waals surface area contributed by atoms with Crippen LogP contribution in [0.1, 0.15) is 16.1 Å². The second-order valence-corrected chi connectivity index (χ2v) is 3.31. The maximum Gasteiger partial charge on any atom is 0.337 e. The van der Waals surface area contributed by atoms with E-state index in [4.69, 9.17) is 10.8 Å². The fraction of sp³-hybridized carbons (Fsp3) is 0.100. The van der Waals surface area contributed by atoms with Gasteiger partial charge in [-0.15, -0.1) is 0 Å². The summed E-state index contributed by atoms with van der Waals surface area (Å²) in [7, 11) is 0. The molecule has 0 unspecified atom stereocenters. The molecule has 0 bridgehead atoms. The first-order chi connectivity index (χ1) is 8.16. The highest BCUT2D eigenvalue weighted by Crippen LogP contribution is 2.15. The zero-order valence-corrected chi connectivity index (χ0v) is 8.75. The third-order valence-corrected chi connectivity index (χ3v) is 2.11. The van der Waals surface area contributed by atoms with E-state index in [1.165, 1.54) is 18.5 Å². The fourth-order valence-electron chi connectivity index (χ4n) is 1.26. The molecular formula is C10H10N4O3. The van der Waals surface area contributed by atoms with Gasteiger partial charge in [0, 0.05) is 6.07 Å². The van der Waals surface area contributed by atoms with Gasteiger partial charge in [0.25, 0.3) is 0 Å². The van der Waals surface area contributed by atoms with Gasteiger partial charge in [-0.05, 0) is 6.07 Å². The van der Waals surface area contributed by atoms with Crippen LogP contribution in [-0.2, 0) is 6.54 Å². The molecule has 0 spiro atoms. The molecule has 0 saturated carbocycles. The van der Waals surface area contributed by atoms with E-state index in [1.807, 2.05) is 0 Å². The largest absolute Gasteiger partial charge is 0.478 e. The molecule has 2 aromatic heterocycles. The molecule has 2 heterocycles. The number of anilines is 2. The van der Waals surface area contributed by atoms with E-state index < -0.39 is 5.97 Å². The van der Waals surface area contributed by atoms with Gasteiger partial charge in [-0.1, -0.05) is 5.16 Å². The van der Waals surface area contributed by atoms with Crippen molar-refractivity contribution in [3.8, 4) is 0 Å². The van der Waals surface area contributed by atoms with E-state index in [-0.39, 0.29) is 11.3 Å². The number of nitrogen functional groups attached to an aromatic ring is 1. The predicted octanol–water partition coefficient (Wildman–Crippen LogP) is 0.962. The van der Waals surface area contributed by atoms with Gasteiger partial charge in [0.2, 0.25) is 0 Å². The number of aromatic carboxylic acids is 1. The Bertz CT molecular complexity index is 524. The number of carbonyl (C=O) groups is 1. The summed E-state index contributed by atoms with van der Waals surface area (Å²) in [6.07, 6.45) is 2.75. The van der Waals surface area contributed by atoms with Crippen LogP contribution >= 0.6 is 0 Å². The van der Waals surface area contributed by atoms with Gasteiger partial charge in [0.1, 0.15) is 17.8 Å². The Morgan fingerprint density at radius 1 is 1.59 bits per heavy atom. The van der Waals surface area contributed by atoms with Crippen molar-refractivity contribution >= 4 is 17.5 Å². The first kappa shape index (κ1) is 10.9. The van der Waals surface area contributed by atoms with Crippen LogP contribution in [0.3, 0.4) is 0 Å². The van der Waals surface area contributed by atoms with Gasteiger partial charge in [0.05, 0.1) is 24.0 Å². The molecule has 17 heavy (non-hydrogen) atoms. The standard InChI is InChI=1S/C10H10N4O3/c11-8-5-13-9(3-7(8)10(15)16)12-4-6-1-2-17-14-6/h1-3,5H,4,11H2,(H,12,13)(H,15,16). The van der Waals surface area contributed by atoms with Crippen LogP contribution in [0.15, 0.2) is 29.1 Å². The molecule has 0 aliphatic heterocycles. The molecule has 0 aliphatic carbocycles. The van der Waals surface area contributed by atoms with Crippen molar-refractivity contribution in [2.24, 2.45) is 0 Å². The maximum absolute atomic E-state index is 10.8. The summed E-state index contributed by atoms with van der Waals surface area (Å²) in [5.74, 6) is -0.672. The topological polar surface area (TPSA) is 114 Å². The van der Waals surface area contributed by atoms with Gasteiger partial charge in [-0.25, -0.2) is 9.78 Å². The molecule has 0 aromatic carbocycles. The SMILES string of the molecule is Nc1cnc(NCc2ccon2)cc1C(=O)O. The van der Waals surface area contributed by atoms with Crippen molar-refractivity contribution in [2.75, 3.05) is 11.1 Å². The lowest BCUT2D eigenvalue weighted by Crippen LogP contribution is -2.07. The second kappa shape index (κ2) is 4.52. The lowest BCUT2D eigenvalue weighted by molar-refractivity contribution is 0.0698. The summed E-state index contributed by atoms with van der Waals surface area (Å²) in [5, 5.41) is 15.5. The van der Waals surface area contributed by atoms with E-state index in [0.717, 1.165) is 0 Å². The van der Waals surface area contributed by atoms with Gasteiger partial charge >= 0.3 is 5.97 Å². The number of hydrogen-bond acceptors (Lipinski definition) is 6. The average molecular weight is 234 g/mol. The van der Waals surface area contributed by atoms with Crippen molar-refractivity contribution in [1.82, 2.24) is 10.1 Å². The number of rotatable bonds is 4. The Morgan fingerprint density at radius 3 is 3.06 bits per heavy atom. The molecule has 7 heteroatoms. The quantitative estimate of drug-likeness (QED) is 0.721. The number of aromatic nitrogens is 2. The lowest BCUT2D eigenvalue weighted by atomic mass is 10.2. The molecule has 0 fully saturated rings. The number of pyridine rings is 1. The Morgan fingerprint density at radius 2 is 2.41 bits per heavy atom. The van der Waals surface area contributed by atoms with Crippen LogP contribution in [0.5, 0.6) is 0 Å². The van der Waals surface area contributed by atoms with Gasteiger partial charge < -0.3 is 20.7 Å². The second-order valence-electron chi connectivity index (χ2n) is 3.31. The number of carboxylic acid groups (broad SMARTS) is 1. The first-order valence-corrected chi connectivity index (χ1v) is 4.79. The van der Waals surface area contributed by atoms with Crippen molar-refractivity contribution in [2.45, 2.75) is 6.54 Å². The summed E-state index contributed by atoms with van der Waals surface area (Å²) >= 11 is 0. The van der Waals surface area contributed by atoms with Crippen LogP contribution in [0.2, 0.25) is 0 Å². The maximum atomic E-state index is 10.8. The van der Waals surface area contributed by atoms with Gasteiger partial charge in [0.15, 0.2) is 0 Å². The smallest absolute Gasteiger partial charge is 0.337 e. The average Bonchev–Trinajstić information content (AvgIpc) is 2.80. The summed E-state index contributed by atoms with van der Waals surface area (Å²) in [6.45, 7) is 0.395. The van der Waals surface area contributed by atoms with Gasteiger partial charge in [-0.2, -0.15) is 0 Å². The van der Waals surface area contributed by atoms with E-state index in [0.29, 0.717) is 18.1 Å². The van der Waals surface area contributed by atoms with E-state index in [2.05, 4.69) is 20.0 Å². The minimum Gasteiger partial charge on any atom is -0.478 e. The normalized spacial score (nSPS) is 10.1. The van der Waals surface area contributed by atoms with Crippen molar-refractivity contribution < 1.29 is 14.4 Å². The highest BCUT2D eigenvalue weighted by molar-refractivity contribution is 5.94. The number of nitrogens with one attached hydrogen (secondary N) is 1. The van der Waals surface area contributed by atoms with Gasteiger partial charge in [-0.3, -0.25) is 0 Å². The number of hydrogen-bond donors (Lipinski definition) is 3. The fourth-order valence-corrected chi connectivity index (χ4v) is 1.26. The molecule has 4 N–H and O–H groups in total. The molecule has 0 aliphatic rings. The molecule has 0 atom stereocenters. The molecule has 7 nitrogen and oxygen atoms in total. The first-order valence-electron chi connectivity index (χ1n) is 4.79. The van der Waals surface area contributed by atoms with Crippen LogP contribution in [0, 0.1) is 0 Å². The minimum atomic E-state index is -1.09. The van der Waals surface area contributed by atoms with Crippen LogP contribution in [-0.4, -0.2) is 21.2 Å². The van der Waals surface area contributed by atoms with Crippen molar-refractivity contribution in [1.29, 1.82) is 0 Å². The van der Waals surface area contributed by atoms with E-state index >= 15 is 0 Å². The monoisotopic (exact) mass is 234 g/mol. The Hall–Kier alpha value is -2.57. The zero-order valence-electron chi connectivity index (χ0n) is 8.75. The highest BCUT2D eigenvalue weighted by Gasteiger charge is 2.09. The molecule has 0 amide bonds. The summed E-state index contributed by atoms with van der Waals surface area (Å²) in [6, 6.07) is 3.07. The third kappa shape index (κ3) is 2.51. The predicted molar refractivity (Wildman–Crippen MR) is 59.4 cm³/mol. The molecule has 2 aromatic rings. The Balaban J connectivity index is 2.11. The molecule has 2 rings (SSSR count). The molecule has 0 radical (unpaired) electrons. The minimum absolute atomic E-state index is 0.0163. The highest BCUT2D eigenvalue weighted by atomic mass is 16.5. The van der Waals surface area contributed by atoms with E-state index in [9.17, 15) is 4.79 Å². The molecular weight excluding hydrogens is 224 g/mol. The van der Waals surface area contributed by atoms with Crippen molar-refractivity contribution in [3.63, 3.8) is 0 Å². The van der Waals surface area contributed by atoms with Crippen LogP contribution in [0.25, 0.3) is 0 Å². The Kier molecular flexibility index (Phi) is 2.91.